The lowest BCUT2D eigenvalue weighted by Gasteiger charge is -2.03. The van der Waals surface area contributed by atoms with Gasteiger partial charge in [-0.3, -0.25) is 0 Å². The fraction of sp³-hybridized carbons (Fsp3) is 0.273. The predicted octanol–water partition coefficient (Wildman–Crippen LogP) is 2.76. The topological polar surface area (TPSA) is 51.8 Å². The summed E-state index contributed by atoms with van der Waals surface area (Å²) in [5.74, 6) is 1.84. The summed E-state index contributed by atoms with van der Waals surface area (Å²) in [6, 6.07) is 7.99. The number of anilines is 1. The molecule has 3 nitrogen and oxygen atoms in total. The molecule has 0 aliphatic carbocycles. The summed E-state index contributed by atoms with van der Waals surface area (Å²) in [6.07, 6.45) is 0.968. The van der Waals surface area contributed by atoms with Crippen molar-refractivity contribution >= 4 is 29.0 Å². The first kappa shape index (κ1) is 11.4. The molecule has 0 bridgehead atoms. The molecule has 2 rings (SSSR count). The second-order valence-electron chi connectivity index (χ2n) is 3.40. The van der Waals surface area contributed by atoms with E-state index in [1.54, 1.807) is 11.8 Å². The number of rotatable bonds is 4. The Bertz CT molecular complexity index is 468. The molecule has 0 fully saturated rings. The second-order valence-corrected chi connectivity index (χ2v) is 5.50. The molecular formula is C11H13N3S2. The van der Waals surface area contributed by atoms with Crippen molar-refractivity contribution < 1.29 is 0 Å². The van der Waals surface area contributed by atoms with Crippen LogP contribution >= 0.6 is 23.3 Å². The molecule has 1 heterocycles. The van der Waals surface area contributed by atoms with Gasteiger partial charge in [-0.2, -0.15) is 4.37 Å². The molecule has 0 atom stereocenters. The highest BCUT2D eigenvalue weighted by molar-refractivity contribution is 8.00. The van der Waals surface area contributed by atoms with E-state index < -0.39 is 0 Å². The maximum Gasteiger partial charge on any atom is 0.170 e. The van der Waals surface area contributed by atoms with Crippen LogP contribution in [-0.4, -0.2) is 15.1 Å². The Labute approximate surface area is 103 Å². The Kier molecular flexibility index (Phi) is 3.79. The molecule has 84 valence electrons. The zero-order chi connectivity index (χ0) is 11.4. The molecule has 0 unspecified atom stereocenters. The van der Waals surface area contributed by atoms with Crippen molar-refractivity contribution in [3.63, 3.8) is 0 Å². The van der Waals surface area contributed by atoms with Crippen molar-refractivity contribution in [2.75, 3.05) is 11.5 Å². The molecule has 2 N–H and O–H groups in total. The SMILES string of the molecule is Cc1nsc(SCCc2ccccc2N)n1. The van der Waals surface area contributed by atoms with Gasteiger partial charge in [0.2, 0.25) is 0 Å². The molecule has 0 aliphatic heterocycles. The van der Waals surface area contributed by atoms with Crippen LogP contribution in [0.15, 0.2) is 28.6 Å². The zero-order valence-corrected chi connectivity index (χ0v) is 10.6. The molecule has 1 aromatic heterocycles. The normalized spacial score (nSPS) is 10.6. The van der Waals surface area contributed by atoms with E-state index in [2.05, 4.69) is 15.4 Å². The maximum absolute atomic E-state index is 5.87. The lowest BCUT2D eigenvalue weighted by Crippen LogP contribution is -1.95. The standard InChI is InChI=1S/C11H13N3S2/c1-8-13-11(16-14-8)15-7-6-9-4-2-3-5-10(9)12/h2-5H,6-7,12H2,1H3. The smallest absolute Gasteiger partial charge is 0.170 e. The molecule has 16 heavy (non-hydrogen) atoms. The van der Waals surface area contributed by atoms with Crippen molar-refractivity contribution in [3.8, 4) is 0 Å². The fourth-order valence-corrected chi connectivity index (χ4v) is 3.04. The van der Waals surface area contributed by atoms with Gasteiger partial charge in [-0.15, -0.1) is 0 Å². The number of hydrogen-bond acceptors (Lipinski definition) is 5. The van der Waals surface area contributed by atoms with Gasteiger partial charge in [0.1, 0.15) is 5.82 Å². The lowest BCUT2D eigenvalue weighted by atomic mass is 10.1. The summed E-state index contributed by atoms with van der Waals surface area (Å²) in [5.41, 5.74) is 7.95. The molecule has 0 saturated heterocycles. The Morgan fingerprint density at radius 1 is 1.38 bits per heavy atom. The molecule has 0 radical (unpaired) electrons. The largest absolute Gasteiger partial charge is 0.399 e. The molecule has 5 heteroatoms. The van der Waals surface area contributed by atoms with E-state index in [-0.39, 0.29) is 0 Å². The average Bonchev–Trinajstić information content (AvgIpc) is 2.67. The van der Waals surface area contributed by atoms with Crippen molar-refractivity contribution in [3.05, 3.63) is 35.7 Å². The van der Waals surface area contributed by atoms with Crippen LogP contribution in [0.4, 0.5) is 5.69 Å². The number of para-hydroxylation sites is 1. The average molecular weight is 251 g/mol. The fourth-order valence-electron chi connectivity index (χ4n) is 1.35. The van der Waals surface area contributed by atoms with Crippen LogP contribution in [0.25, 0.3) is 0 Å². The first-order chi connectivity index (χ1) is 7.75. The zero-order valence-electron chi connectivity index (χ0n) is 9.01. The van der Waals surface area contributed by atoms with E-state index in [1.165, 1.54) is 17.1 Å². The number of hydrogen-bond donors (Lipinski definition) is 1. The van der Waals surface area contributed by atoms with E-state index in [9.17, 15) is 0 Å². The minimum atomic E-state index is 0.853. The van der Waals surface area contributed by atoms with Crippen molar-refractivity contribution in [2.45, 2.75) is 17.7 Å². The Hall–Kier alpha value is -1.07. The number of thioether (sulfide) groups is 1. The molecule has 1 aromatic carbocycles. The number of nitrogen functional groups attached to an aromatic ring is 1. The van der Waals surface area contributed by atoms with Crippen LogP contribution in [0.5, 0.6) is 0 Å². The van der Waals surface area contributed by atoms with Gasteiger partial charge in [0, 0.05) is 11.4 Å². The van der Waals surface area contributed by atoms with E-state index in [0.717, 1.165) is 28.0 Å². The van der Waals surface area contributed by atoms with E-state index in [4.69, 9.17) is 5.73 Å². The van der Waals surface area contributed by atoms with Crippen LogP contribution in [0.2, 0.25) is 0 Å². The van der Waals surface area contributed by atoms with Gasteiger partial charge in [0.25, 0.3) is 0 Å². The minimum absolute atomic E-state index is 0.853. The minimum Gasteiger partial charge on any atom is -0.399 e. The molecule has 0 spiro atoms. The molecule has 2 aromatic rings. The summed E-state index contributed by atoms with van der Waals surface area (Å²) in [6.45, 7) is 1.91. The third-order valence-corrected chi connectivity index (χ3v) is 4.09. The number of aromatic nitrogens is 2. The summed E-state index contributed by atoms with van der Waals surface area (Å²) in [4.78, 5) is 4.30. The van der Waals surface area contributed by atoms with Gasteiger partial charge in [-0.1, -0.05) is 30.0 Å². The van der Waals surface area contributed by atoms with E-state index in [0.29, 0.717) is 0 Å². The van der Waals surface area contributed by atoms with Crippen LogP contribution in [0, 0.1) is 6.92 Å². The summed E-state index contributed by atoms with van der Waals surface area (Å²) >= 11 is 3.19. The molecule has 0 aliphatic rings. The molecule has 0 saturated carbocycles. The number of benzene rings is 1. The number of aryl methyl sites for hydroxylation is 2. The van der Waals surface area contributed by atoms with E-state index >= 15 is 0 Å². The van der Waals surface area contributed by atoms with Gasteiger partial charge in [-0.25, -0.2) is 4.98 Å². The summed E-state index contributed by atoms with van der Waals surface area (Å²) in [5, 5.41) is 0. The van der Waals surface area contributed by atoms with Gasteiger partial charge in [0.05, 0.1) is 0 Å². The summed E-state index contributed by atoms with van der Waals surface area (Å²) < 4.78 is 5.18. The molecule has 0 amide bonds. The van der Waals surface area contributed by atoms with Crippen LogP contribution < -0.4 is 5.73 Å². The third-order valence-electron chi connectivity index (χ3n) is 2.16. The highest BCUT2D eigenvalue weighted by Crippen LogP contribution is 2.22. The predicted molar refractivity (Wildman–Crippen MR) is 69.9 cm³/mol. The molecular weight excluding hydrogens is 238 g/mol. The first-order valence-corrected chi connectivity index (χ1v) is 6.78. The monoisotopic (exact) mass is 251 g/mol. The van der Waals surface area contributed by atoms with Crippen LogP contribution in [0.3, 0.4) is 0 Å². The Morgan fingerprint density at radius 2 is 2.19 bits per heavy atom. The van der Waals surface area contributed by atoms with Crippen LogP contribution in [-0.2, 0) is 6.42 Å². The first-order valence-electron chi connectivity index (χ1n) is 5.02. The Morgan fingerprint density at radius 3 is 2.88 bits per heavy atom. The third kappa shape index (κ3) is 2.96. The highest BCUT2D eigenvalue weighted by Gasteiger charge is 2.02. The van der Waals surface area contributed by atoms with Crippen LogP contribution in [0.1, 0.15) is 11.4 Å². The number of nitrogens with two attached hydrogens (primary N) is 1. The summed E-state index contributed by atoms with van der Waals surface area (Å²) in [7, 11) is 0. The highest BCUT2D eigenvalue weighted by atomic mass is 32.2. The van der Waals surface area contributed by atoms with Gasteiger partial charge < -0.3 is 5.73 Å². The van der Waals surface area contributed by atoms with Gasteiger partial charge in [-0.05, 0) is 36.5 Å². The quantitative estimate of drug-likeness (QED) is 0.670. The van der Waals surface area contributed by atoms with Gasteiger partial charge >= 0.3 is 0 Å². The number of nitrogens with zero attached hydrogens (tertiary/aromatic N) is 2. The lowest BCUT2D eigenvalue weighted by molar-refractivity contribution is 1.09. The Balaban J connectivity index is 1.87. The second kappa shape index (κ2) is 5.32. The van der Waals surface area contributed by atoms with E-state index in [1.807, 2.05) is 25.1 Å². The van der Waals surface area contributed by atoms with Crippen molar-refractivity contribution in [1.82, 2.24) is 9.36 Å². The van der Waals surface area contributed by atoms with Crippen molar-refractivity contribution in [2.24, 2.45) is 0 Å². The van der Waals surface area contributed by atoms with Gasteiger partial charge in [0.15, 0.2) is 4.34 Å². The maximum atomic E-state index is 5.87. The van der Waals surface area contributed by atoms with Crippen molar-refractivity contribution in [1.29, 1.82) is 0 Å².